The van der Waals surface area contributed by atoms with Crippen LogP contribution in [0.15, 0.2) is 42.9 Å². The first kappa shape index (κ1) is 25.3. The van der Waals surface area contributed by atoms with Crippen LogP contribution in [-0.2, 0) is 0 Å². The Morgan fingerprint density at radius 1 is 1.08 bits per heavy atom. The molecule has 8 nitrogen and oxygen atoms in total. The average Bonchev–Trinajstić information content (AvgIpc) is 3.24. The minimum Gasteiger partial charge on any atom is -0.486 e. The molecule has 6 rings (SSSR count). The van der Waals surface area contributed by atoms with Gasteiger partial charge in [0.05, 0.1) is 26.7 Å². The van der Waals surface area contributed by atoms with E-state index < -0.39 is 17.5 Å². The van der Waals surface area contributed by atoms with Crippen molar-refractivity contribution in [3.05, 3.63) is 64.3 Å². The smallest absolute Gasteiger partial charge is 0.166 e. The number of aromatic nitrogens is 4. The number of pyridine rings is 2. The van der Waals surface area contributed by atoms with Gasteiger partial charge in [-0.25, -0.2) is 9.37 Å². The Hall–Kier alpha value is -2.98. The van der Waals surface area contributed by atoms with Gasteiger partial charge in [-0.1, -0.05) is 23.2 Å². The summed E-state index contributed by atoms with van der Waals surface area (Å²) in [5.41, 5.74) is 1.85. The number of halogens is 3. The zero-order valence-corrected chi connectivity index (χ0v) is 22.7. The minimum atomic E-state index is -0.636. The van der Waals surface area contributed by atoms with Crippen LogP contribution in [0.4, 0.5) is 10.2 Å². The van der Waals surface area contributed by atoms with Crippen LogP contribution in [0.1, 0.15) is 32.4 Å². The molecule has 0 spiro atoms. The molecular formula is C27H27Cl2FN6O2. The SMILES string of the molecule is C[C@@H](Oc1ccc2[nH]nc(-c3cnc(N4CC(C)(N5CC(C)(O)C5)C4)c(F)c3)c2c1)c1c(Cl)cncc1Cl. The maximum absolute atomic E-state index is 15.2. The molecule has 198 valence electrons. The van der Waals surface area contributed by atoms with E-state index in [1.165, 1.54) is 18.5 Å². The van der Waals surface area contributed by atoms with Gasteiger partial charge in [-0.05, 0) is 45.0 Å². The molecule has 0 amide bonds. The molecule has 0 aliphatic carbocycles. The molecule has 0 saturated carbocycles. The molecule has 0 unspecified atom stereocenters. The Bertz CT molecular complexity index is 1510. The molecule has 0 bridgehead atoms. The Balaban J connectivity index is 1.21. The van der Waals surface area contributed by atoms with Crippen molar-refractivity contribution < 1.29 is 14.2 Å². The van der Waals surface area contributed by atoms with E-state index in [0.29, 0.717) is 64.6 Å². The molecule has 2 aliphatic rings. The molecule has 2 N–H and O–H groups in total. The number of rotatable bonds is 6. The molecule has 3 aromatic heterocycles. The second-order valence-electron chi connectivity index (χ2n) is 10.8. The zero-order chi connectivity index (χ0) is 26.8. The summed E-state index contributed by atoms with van der Waals surface area (Å²) in [5, 5.41) is 19.1. The summed E-state index contributed by atoms with van der Waals surface area (Å²) in [5.74, 6) is 0.507. The lowest BCUT2D eigenvalue weighted by Crippen LogP contribution is -2.77. The first-order valence-corrected chi connectivity index (χ1v) is 13.1. The third kappa shape index (κ3) is 4.37. The van der Waals surface area contributed by atoms with E-state index in [2.05, 4.69) is 32.0 Å². The highest BCUT2D eigenvalue weighted by Gasteiger charge is 2.52. The topological polar surface area (TPSA) is 90.4 Å². The van der Waals surface area contributed by atoms with E-state index in [9.17, 15) is 5.11 Å². The number of nitrogens with zero attached hydrogens (tertiary/aromatic N) is 5. The fourth-order valence-electron chi connectivity index (χ4n) is 5.44. The van der Waals surface area contributed by atoms with Crippen molar-refractivity contribution in [1.82, 2.24) is 25.1 Å². The summed E-state index contributed by atoms with van der Waals surface area (Å²) in [4.78, 5) is 12.6. The van der Waals surface area contributed by atoms with Gasteiger partial charge in [0, 0.05) is 61.3 Å². The Kier molecular flexibility index (Phi) is 6.03. The van der Waals surface area contributed by atoms with Crippen LogP contribution in [-0.4, -0.2) is 67.5 Å². The van der Waals surface area contributed by atoms with E-state index in [0.717, 1.165) is 10.9 Å². The van der Waals surface area contributed by atoms with Crippen molar-refractivity contribution in [3.8, 4) is 17.0 Å². The molecule has 2 aliphatic heterocycles. The average molecular weight is 557 g/mol. The van der Waals surface area contributed by atoms with Crippen molar-refractivity contribution in [2.24, 2.45) is 0 Å². The number of hydrogen-bond donors (Lipinski definition) is 2. The fraction of sp³-hybridized carbons (Fsp3) is 0.370. The van der Waals surface area contributed by atoms with Gasteiger partial charge < -0.3 is 14.7 Å². The normalized spacial score (nSPS) is 19.2. The third-order valence-corrected chi connectivity index (χ3v) is 8.03. The van der Waals surface area contributed by atoms with Gasteiger partial charge >= 0.3 is 0 Å². The maximum atomic E-state index is 15.2. The number of nitrogens with one attached hydrogen (secondary N) is 1. The maximum Gasteiger partial charge on any atom is 0.166 e. The second-order valence-corrected chi connectivity index (χ2v) is 11.6. The van der Waals surface area contributed by atoms with Crippen LogP contribution in [0.3, 0.4) is 0 Å². The first-order valence-electron chi connectivity index (χ1n) is 12.3. The number of benzene rings is 1. The van der Waals surface area contributed by atoms with E-state index in [4.69, 9.17) is 27.9 Å². The molecular weight excluding hydrogens is 530 g/mol. The van der Waals surface area contributed by atoms with E-state index in [1.807, 2.05) is 36.9 Å². The lowest BCUT2D eigenvalue weighted by atomic mass is 9.82. The lowest BCUT2D eigenvalue weighted by Gasteiger charge is -2.61. The van der Waals surface area contributed by atoms with Crippen molar-refractivity contribution in [2.45, 2.75) is 38.0 Å². The Labute approximate surface area is 229 Å². The number of H-pyrrole nitrogens is 1. The lowest BCUT2D eigenvalue weighted by molar-refractivity contribution is -0.134. The predicted octanol–water partition coefficient (Wildman–Crippen LogP) is 5.25. The van der Waals surface area contributed by atoms with Gasteiger partial charge in [0.25, 0.3) is 0 Å². The second kappa shape index (κ2) is 9.05. The van der Waals surface area contributed by atoms with Crippen LogP contribution in [0.25, 0.3) is 22.2 Å². The molecule has 1 aromatic carbocycles. The molecule has 2 fully saturated rings. The molecule has 0 radical (unpaired) electrons. The molecule has 38 heavy (non-hydrogen) atoms. The Morgan fingerprint density at radius 3 is 2.45 bits per heavy atom. The van der Waals surface area contributed by atoms with Crippen molar-refractivity contribution in [2.75, 3.05) is 31.1 Å². The van der Waals surface area contributed by atoms with Crippen LogP contribution in [0.2, 0.25) is 10.0 Å². The molecule has 2 saturated heterocycles. The number of aromatic amines is 1. The van der Waals surface area contributed by atoms with Gasteiger partial charge in [0.15, 0.2) is 11.6 Å². The summed E-state index contributed by atoms with van der Waals surface area (Å²) < 4.78 is 21.4. The number of ether oxygens (including phenoxy) is 1. The zero-order valence-electron chi connectivity index (χ0n) is 21.2. The Morgan fingerprint density at radius 2 is 1.79 bits per heavy atom. The number of β-amino-alcohol motifs (C(OH)–C–C–N with tert-alkyl or cyclic N) is 1. The van der Waals surface area contributed by atoms with Gasteiger partial charge in [-0.2, -0.15) is 5.10 Å². The standard InChI is InChI=1S/C27H27Cl2FN6O2/c1-15(23-19(28)9-31-10-20(23)29)38-17-4-5-22-18(7-17)24(34-33-22)16-6-21(30)25(32-8-16)35-11-26(2,12-35)36-13-27(3,37)14-36/h4-10,15,37H,11-14H2,1-3H3,(H,33,34)/t15-/m1/s1. The monoisotopic (exact) mass is 556 g/mol. The van der Waals surface area contributed by atoms with Crippen LogP contribution in [0.5, 0.6) is 5.75 Å². The van der Waals surface area contributed by atoms with Crippen LogP contribution >= 0.6 is 23.2 Å². The summed E-state index contributed by atoms with van der Waals surface area (Å²) in [7, 11) is 0. The van der Waals surface area contributed by atoms with Gasteiger partial charge in [-0.3, -0.25) is 15.0 Å². The van der Waals surface area contributed by atoms with Gasteiger partial charge in [0.1, 0.15) is 17.5 Å². The van der Waals surface area contributed by atoms with E-state index >= 15 is 4.39 Å². The quantitative estimate of drug-likeness (QED) is 0.335. The van der Waals surface area contributed by atoms with E-state index in [1.54, 1.807) is 6.20 Å². The number of hydrogen-bond acceptors (Lipinski definition) is 7. The van der Waals surface area contributed by atoms with Crippen molar-refractivity contribution in [3.63, 3.8) is 0 Å². The van der Waals surface area contributed by atoms with Gasteiger partial charge in [0.2, 0.25) is 0 Å². The van der Waals surface area contributed by atoms with E-state index in [-0.39, 0.29) is 5.54 Å². The molecule has 4 aromatic rings. The summed E-state index contributed by atoms with van der Waals surface area (Å²) in [6.07, 6.45) is 4.28. The fourth-order valence-corrected chi connectivity index (χ4v) is 6.11. The predicted molar refractivity (Wildman–Crippen MR) is 145 cm³/mol. The molecule has 11 heteroatoms. The minimum absolute atomic E-state index is 0.0916. The largest absolute Gasteiger partial charge is 0.486 e. The third-order valence-electron chi connectivity index (χ3n) is 7.43. The number of fused-ring (bicyclic) bond motifs is 1. The molecule has 5 heterocycles. The van der Waals surface area contributed by atoms with Crippen LogP contribution in [0, 0.1) is 5.82 Å². The highest BCUT2D eigenvalue weighted by molar-refractivity contribution is 6.35. The summed E-state index contributed by atoms with van der Waals surface area (Å²) >= 11 is 12.6. The highest BCUT2D eigenvalue weighted by atomic mass is 35.5. The summed E-state index contributed by atoms with van der Waals surface area (Å²) in [6.45, 7) is 8.40. The molecule has 1 atom stereocenters. The first-order chi connectivity index (χ1) is 18.0. The van der Waals surface area contributed by atoms with Crippen molar-refractivity contribution in [1.29, 1.82) is 0 Å². The number of likely N-dealkylation sites (tertiary alicyclic amines) is 1. The van der Waals surface area contributed by atoms with Crippen LogP contribution < -0.4 is 9.64 Å². The summed E-state index contributed by atoms with van der Waals surface area (Å²) in [6, 6.07) is 7.00. The van der Waals surface area contributed by atoms with Crippen molar-refractivity contribution >= 4 is 39.9 Å². The number of aliphatic hydroxyl groups is 1. The number of anilines is 1. The van der Waals surface area contributed by atoms with Gasteiger partial charge in [-0.15, -0.1) is 0 Å². The highest BCUT2D eigenvalue weighted by Crippen LogP contribution is 2.39.